The Balaban J connectivity index is 1.85. The molecule has 2 unspecified atom stereocenters. The van der Waals surface area contributed by atoms with Crippen molar-refractivity contribution in [3.8, 4) is 0 Å². The summed E-state index contributed by atoms with van der Waals surface area (Å²) in [6.07, 6.45) is 6.90. The predicted octanol–water partition coefficient (Wildman–Crippen LogP) is 2.40. The number of carboxylic acids is 1. The summed E-state index contributed by atoms with van der Waals surface area (Å²) in [5.74, 6) is -1.32. The molecule has 2 rings (SSSR count). The fraction of sp³-hybridized carbons (Fsp3) is 0.625. The van der Waals surface area contributed by atoms with Crippen LogP contribution in [-0.4, -0.2) is 41.1 Å². The predicted molar refractivity (Wildman–Crippen MR) is 80.9 cm³/mol. The molecule has 0 aromatic heterocycles. The van der Waals surface area contributed by atoms with Crippen LogP contribution in [0.5, 0.6) is 0 Å². The average molecular weight is 292 g/mol. The van der Waals surface area contributed by atoms with Crippen molar-refractivity contribution in [3.05, 3.63) is 23.8 Å². The number of aliphatic carboxylic acids is 1. The lowest BCUT2D eigenvalue weighted by Gasteiger charge is -2.32. The highest BCUT2D eigenvalue weighted by Crippen LogP contribution is 2.30. The number of nitrogens with one attached hydrogen (secondary N) is 1. The number of hydrogen-bond acceptors (Lipinski definition) is 2. The van der Waals surface area contributed by atoms with E-state index in [1.165, 1.54) is 5.57 Å². The summed E-state index contributed by atoms with van der Waals surface area (Å²) in [6.45, 7) is 7.89. The summed E-state index contributed by atoms with van der Waals surface area (Å²) >= 11 is 0. The van der Waals surface area contributed by atoms with Crippen LogP contribution in [0.1, 0.15) is 33.6 Å². The second kappa shape index (κ2) is 5.92. The number of rotatable bonds is 2. The molecule has 5 nitrogen and oxygen atoms in total. The van der Waals surface area contributed by atoms with Crippen LogP contribution in [0.15, 0.2) is 23.8 Å². The van der Waals surface area contributed by atoms with E-state index in [-0.39, 0.29) is 17.5 Å². The lowest BCUT2D eigenvalue weighted by Crippen LogP contribution is -2.46. The molecular formula is C16H24N2O3. The summed E-state index contributed by atoms with van der Waals surface area (Å²) < 4.78 is 0. The van der Waals surface area contributed by atoms with Crippen molar-refractivity contribution in [3.63, 3.8) is 0 Å². The first-order chi connectivity index (χ1) is 9.77. The molecule has 1 aliphatic heterocycles. The lowest BCUT2D eigenvalue weighted by molar-refractivity contribution is -0.140. The smallest absolute Gasteiger partial charge is 0.318 e. The van der Waals surface area contributed by atoms with E-state index in [1.807, 2.05) is 0 Å². The van der Waals surface area contributed by atoms with Gasteiger partial charge in [-0.2, -0.15) is 0 Å². The Kier molecular flexibility index (Phi) is 4.40. The van der Waals surface area contributed by atoms with E-state index in [0.29, 0.717) is 19.5 Å². The van der Waals surface area contributed by atoms with Gasteiger partial charge in [0.15, 0.2) is 0 Å². The maximum Gasteiger partial charge on any atom is 0.318 e. The molecule has 0 fully saturated rings. The minimum atomic E-state index is -0.835. The number of urea groups is 1. The van der Waals surface area contributed by atoms with Gasteiger partial charge in [0.2, 0.25) is 0 Å². The number of amides is 2. The second-order valence-electron chi connectivity index (χ2n) is 6.80. The molecule has 5 heteroatoms. The number of carbonyl (C=O) groups is 2. The van der Waals surface area contributed by atoms with E-state index in [0.717, 1.165) is 6.42 Å². The van der Waals surface area contributed by atoms with Crippen molar-refractivity contribution < 1.29 is 14.7 Å². The highest BCUT2D eigenvalue weighted by molar-refractivity contribution is 5.76. The Labute approximate surface area is 125 Å². The zero-order valence-corrected chi connectivity index (χ0v) is 12.9. The fourth-order valence-electron chi connectivity index (χ4n) is 2.77. The van der Waals surface area contributed by atoms with Gasteiger partial charge in [-0.05, 0) is 18.3 Å². The van der Waals surface area contributed by atoms with Gasteiger partial charge in [0.05, 0.1) is 12.0 Å². The van der Waals surface area contributed by atoms with Crippen molar-refractivity contribution in [1.82, 2.24) is 10.2 Å². The third-order valence-corrected chi connectivity index (χ3v) is 4.17. The molecule has 116 valence electrons. The Morgan fingerprint density at radius 3 is 2.52 bits per heavy atom. The van der Waals surface area contributed by atoms with E-state index < -0.39 is 11.9 Å². The molecule has 0 spiro atoms. The fourth-order valence-corrected chi connectivity index (χ4v) is 2.77. The van der Waals surface area contributed by atoms with Gasteiger partial charge in [-0.3, -0.25) is 4.79 Å². The Morgan fingerprint density at radius 1 is 1.33 bits per heavy atom. The maximum atomic E-state index is 12.2. The van der Waals surface area contributed by atoms with Crippen LogP contribution in [0.2, 0.25) is 0 Å². The van der Waals surface area contributed by atoms with Gasteiger partial charge in [-0.1, -0.05) is 44.6 Å². The molecule has 0 radical (unpaired) electrons. The number of carbonyl (C=O) groups excluding carboxylic acids is 1. The Hall–Kier alpha value is -1.78. The summed E-state index contributed by atoms with van der Waals surface area (Å²) in [5.41, 5.74) is 1.55. The lowest BCUT2D eigenvalue weighted by atomic mass is 9.83. The molecule has 0 saturated heterocycles. The van der Waals surface area contributed by atoms with E-state index in [2.05, 4.69) is 32.2 Å². The third kappa shape index (κ3) is 3.86. The molecule has 21 heavy (non-hydrogen) atoms. The maximum absolute atomic E-state index is 12.2. The molecular weight excluding hydrogens is 268 g/mol. The van der Waals surface area contributed by atoms with E-state index in [9.17, 15) is 9.59 Å². The van der Waals surface area contributed by atoms with Crippen LogP contribution in [-0.2, 0) is 4.79 Å². The van der Waals surface area contributed by atoms with E-state index in [4.69, 9.17) is 5.11 Å². The highest BCUT2D eigenvalue weighted by atomic mass is 16.4. The molecule has 2 amide bonds. The van der Waals surface area contributed by atoms with Gasteiger partial charge >= 0.3 is 12.0 Å². The average Bonchev–Trinajstić information content (AvgIpc) is 2.86. The second-order valence-corrected chi connectivity index (χ2v) is 6.80. The van der Waals surface area contributed by atoms with Crippen LogP contribution in [0, 0.1) is 11.3 Å². The largest absolute Gasteiger partial charge is 0.481 e. The van der Waals surface area contributed by atoms with Crippen molar-refractivity contribution in [1.29, 1.82) is 0 Å². The zero-order chi connectivity index (χ0) is 15.6. The molecule has 0 aromatic rings. The van der Waals surface area contributed by atoms with Gasteiger partial charge in [-0.15, -0.1) is 0 Å². The van der Waals surface area contributed by atoms with Gasteiger partial charge in [0.25, 0.3) is 0 Å². The molecule has 0 aromatic carbocycles. The molecule has 0 saturated carbocycles. The monoisotopic (exact) mass is 292 g/mol. The van der Waals surface area contributed by atoms with Crippen LogP contribution in [0.3, 0.4) is 0 Å². The Bertz CT molecular complexity index is 488. The molecule has 1 heterocycles. The van der Waals surface area contributed by atoms with Crippen LogP contribution in [0.4, 0.5) is 4.79 Å². The topological polar surface area (TPSA) is 69.6 Å². The summed E-state index contributed by atoms with van der Waals surface area (Å²) in [7, 11) is 0. The van der Waals surface area contributed by atoms with Crippen molar-refractivity contribution in [2.75, 3.05) is 13.1 Å². The summed E-state index contributed by atoms with van der Waals surface area (Å²) in [4.78, 5) is 24.8. The van der Waals surface area contributed by atoms with Crippen molar-refractivity contribution in [2.24, 2.45) is 11.3 Å². The first-order valence-corrected chi connectivity index (χ1v) is 7.43. The minimum Gasteiger partial charge on any atom is -0.481 e. The highest BCUT2D eigenvalue weighted by Gasteiger charge is 2.28. The number of carboxylic acid groups (broad SMARTS) is 1. The first kappa shape index (κ1) is 15.6. The van der Waals surface area contributed by atoms with Crippen LogP contribution >= 0.6 is 0 Å². The van der Waals surface area contributed by atoms with Crippen LogP contribution in [0.25, 0.3) is 0 Å². The summed E-state index contributed by atoms with van der Waals surface area (Å²) in [6, 6.07) is -0.286. The number of nitrogens with zero attached hydrogens (tertiary/aromatic N) is 1. The SMILES string of the molecule is CC(C)(C)C1=CCN(C(=O)NC2C=CC(C(=O)O)C2)CC1. The minimum absolute atomic E-state index is 0.111. The molecule has 2 aliphatic rings. The van der Waals surface area contributed by atoms with Crippen LogP contribution < -0.4 is 5.32 Å². The van der Waals surface area contributed by atoms with Gasteiger partial charge in [0.1, 0.15) is 0 Å². The number of hydrogen-bond donors (Lipinski definition) is 2. The van der Waals surface area contributed by atoms with Gasteiger partial charge in [0, 0.05) is 13.1 Å². The normalized spacial score (nSPS) is 25.7. The zero-order valence-electron chi connectivity index (χ0n) is 12.9. The standard InChI is InChI=1S/C16H24N2O3/c1-16(2,3)12-6-8-18(9-7-12)15(21)17-13-5-4-11(10-13)14(19)20/h4-6,11,13H,7-10H2,1-3H3,(H,17,21)(H,19,20). The Morgan fingerprint density at radius 2 is 2.05 bits per heavy atom. The van der Waals surface area contributed by atoms with Crippen molar-refractivity contribution in [2.45, 2.75) is 39.7 Å². The molecule has 1 aliphatic carbocycles. The van der Waals surface area contributed by atoms with Gasteiger partial charge < -0.3 is 15.3 Å². The molecule has 0 bridgehead atoms. The van der Waals surface area contributed by atoms with E-state index >= 15 is 0 Å². The molecule has 2 atom stereocenters. The van der Waals surface area contributed by atoms with Crippen molar-refractivity contribution >= 4 is 12.0 Å². The van der Waals surface area contributed by atoms with Gasteiger partial charge in [-0.25, -0.2) is 4.79 Å². The molecule has 2 N–H and O–H groups in total. The van der Waals surface area contributed by atoms with E-state index in [1.54, 1.807) is 17.1 Å². The first-order valence-electron chi connectivity index (χ1n) is 7.43. The summed E-state index contributed by atoms with van der Waals surface area (Å²) in [5, 5.41) is 11.8. The third-order valence-electron chi connectivity index (χ3n) is 4.17. The quantitative estimate of drug-likeness (QED) is 0.768.